The first-order valence-electron chi connectivity index (χ1n) is 5.43. The van der Waals surface area contributed by atoms with Crippen LogP contribution in [0.25, 0.3) is 5.65 Å². The van der Waals surface area contributed by atoms with Crippen LogP contribution in [0.5, 0.6) is 0 Å². The molecule has 7 nitrogen and oxygen atoms in total. The lowest BCUT2D eigenvalue weighted by Gasteiger charge is -2.05. The van der Waals surface area contributed by atoms with Gasteiger partial charge in [0.05, 0.1) is 13.5 Å². The minimum absolute atomic E-state index is 0.153. The van der Waals surface area contributed by atoms with E-state index in [1.54, 1.807) is 6.07 Å². The highest BCUT2D eigenvalue weighted by Gasteiger charge is 2.16. The fourth-order valence-electron chi connectivity index (χ4n) is 1.43. The van der Waals surface area contributed by atoms with E-state index in [1.165, 1.54) is 13.2 Å². The van der Waals surface area contributed by atoms with Crippen LogP contribution in [-0.2, 0) is 9.53 Å². The second kappa shape index (κ2) is 5.55. The molecule has 102 valence electrons. The summed E-state index contributed by atoms with van der Waals surface area (Å²) in [6.45, 7) is 0.289. The summed E-state index contributed by atoms with van der Waals surface area (Å²) < 4.78 is 30.7. The first-order chi connectivity index (χ1) is 9.11. The number of ether oxygens (including phenoxy) is 1. The lowest BCUT2D eigenvalue weighted by molar-refractivity contribution is -0.140. The van der Waals surface area contributed by atoms with Crippen LogP contribution in [0.2, 0.25) is 0 Å². The van der Waals surface area contributed by atoms with E-state index in [4.69, 9.17) is 0 Å². The zero-order valence-electron chi connectivity index (χ0n) is 10.0. The smallest absolute Gasteiger partial charge is 0.307 e. The Hall–Kier alpha value is -2.32. The number of rotatable bonds is 5. The molecule has 2 rings (SSSR count). The Morgan fingerprint density at radius 3 is 2.95 bits per heavy atom. The van der Waals surface area contributed by atoms with Gasteiger partial charge in [0.2, 0.25) is 5.82 Å². The molecule has 2 aromatic heterocycles. The molecule has 19 heavy (non-hydrogen) atoms. The Bertz CT molecular complexity index is 586. The van der Waals surface area contributed by atoms with Crippen LogP contribution in [0.3, 0.4) is 0 Å². The molecular weight excluding hydrogens is 260 g/mol. The average Bonchev–Trinajstić information content (AvgIpc) is 2.81. The number of carbonyl (C=O) groups excluding carboxylic acids is 1. The Kier molecular flexibility index (Phi) is 3.83. The van der Waals surface area contributed by atoms with Crippen molar-refractivity contribution in [3.05, 3.63) is 18.0 Å². The number of aromatic nitrogens is 4. The van der Waals surface area contributed by atoms with E-state index in [2.05, 4.69) is 25.3 Å². The number of fused-ring (bicyclic) bond motifs is 1. The number of halogens is 2. The van der Waals surface area contributed by atoms with E-state index in [0.717, 1.165) is 4.52 Å². The fourth-order valence-corrected chi connectivity index (χ4v) is 1.43. The molecule has 0 amide bonds. The topological polar surface area (TPSA) is 81.4 Å². The molecular formula is C10H11F2N5O2. The maximum absolute atomic E-state index is 12.6. The standard InChI is InChI=1S/C10H11F2N5O2/c1-19-8(18)4-5-13-6-2-3-7-14-15-10(9(11)12)17(7)16-6/h2-3,9H,4-5H2,1H3,(H,13,16). The molecule has 1 N–H and O–H groups in total. The van der Waals surface area contributed by atoms with Crippen molar-refractivity contribution >= 4 is 17.4 Å². The molecule has 2 aromatic rings. The van der Waals surface area contributed by atoms with E-state index in [1.807, 2.05) is 0 Å². The average molecular weight is 271 g/mol. The third kappa shape index (κ3) is 2.92. The monoisotopic (exact) mass is 271 g/mol. The Morgan fingerprint density at radius 2 is 2.26 bits per heavy atom. The zero-order chi connectivity index (χ0) is 13.8. The number of hydrogen-bond donors (Lipinski definition) is 1. The van der Waals surface area contributed by atoms with Crippen molar-refractivity contribution in [3.8, 4) is 0 Å². The molecule has 0 saturated heterocycles. The van der Waals surface area contributed by atoms with Crippen molar-refractivity contribution in [3.63, 3.8) is 0 Å². The number of hydrogen-bond acceptors (Lipinski definition) is 6. The van der Waals surface area contributed by atoms with Crippen LogP contribution in [0.4, 0.5) is 14.6 Å². The molecule has 0 aromatic carbocycles. The van der Waals surface area contributed by atoms with Crippen LogP contribution in [0.1, 0.15) is 18.7 Å². The van der Waals surface area contributed by atoms with Crippen molar-refractivity contribution in [2.45, 2.75) is 12.8 Å². The quantitative estimate of drug-likeness (QED) is 0.818. The summed E-state index contributed by atoms with van der Waals surface area (Å²) in [6.07, 6.45) is -2.60. The number of alkyl halides is 2. The van der Waals surface area contributed by atoms with E-state index < -0.39 is 12.2 Å². The first-order valence-corrected chi connectivity index (χ1v) is 5.43. The molecule has 0 atom stereocenters. The van der Waals surface area contributed by atoms with Gasteiger partial charge in [0.25, 0.3) is 6.43 Å². The van der Waals surface area contributed by atoms with Gasteiger partial charge in [0, 0.05) is 6.54 Å². The fraction of sp³-hybridized carbons (Fsp3) is 0.400. The maximum Gasteiger partial charge on any atom is 0.307 e. The van der Waals surface area contributed by atoms with Gasteiger partial charge in [-0.3, -0.25) is 4.79 Å². The van der Waals surface area contributed by atoms with Crippen LogP contribution in [0, 0.1) is 0 Å². The van der Waals surface area contributed by atoms with E-state index >= 15 is 0 Å². The molecule has 0 spiro atoms. The van der Waals surface area contributed by atoms with Gasteiger partial charge in [0.1, 0.15) is 5.82 Å². The van der Waals surface area contributed by atoms with Gasteiger partial charge in [0.15, 0.2) is 5.65 Å². The molecule has 0 radical (unpaired) electrons. The lowest BCUT2D eigenvalue weighted by atomic mass is 10.4. The SMILES string of the molecule is COC(=O)CCNc1ccc2nnc(C(F)F)n2n1. The van der Waals surface area contributed by atoms with E-state index in [-0.39, 0.29) is 24.6 Å². The van der Waals surface area contributed by atoms with E-state index in [9.17, 15) is 13.6 Å². The van der Waals surface area contributed by atoms with Crippen molar-refractivity contribution in [2.24, 2.45) is 0 Å². The number of nitrogens with one attached hydrogen (secondary N) is 1. The number of methoxy groups -OCH3 is 1. The summed E-state index contributed by atoms with van der Waals surface area (Å²) in [4.78, 5) is 10.9. The molecule has 0 saturated carbocycles. The summed E-state index contributed by atoms with van der Waals surface area (Å²) >= 11 is 0. The molecule has 0 aliphatic carbocycles. The first kappa shape index (κ1) is 13.1. The number of esters is 1. The largest absolute Gasteiger partial charge is 0.469 e. The predicted octanol–water partition coefficient (Wildman–Crippen LogP) is 1.04. The zero-order valence-corrected chi connectivity index (χ0v) is 10.0. The highest BCUT2D eigenvalue weighted by atomic mass is 19.3. The van der Waals surface area contributed by atoms with Crippen molar-refractivity contribution < 1.29 is 18.3 Å². The molecule has 0 aliphatic heterocycles. The highest BCUT2D eigenvalue weighted by molar-refractivity contribution is 5.69. The second-order valence-electron chi connectivity index (χ2n) is 3.60. The molecule has 0 fully saturated rings. The van der Waals surface area contributed by atoms with Gasteiger partial charge >= 0.3 is 5.97 Å². The Balaban J connectivity index is 2.12. The molecule has 0 aliphatic rings. The Morgan fingerprint density at radius 1 is 1.47 bits per heavy atom. The van der Waals surface area contributed by atoms with Crippen LogP contribution < -0.4 is 5.32 Å². The molecule has 2 heterocycles. The summed E-state index contributed by atoms with van der Waals surface area (Å²) in [5, 5.41) is 13.7. The minimum atomic E-state index is -2.76. The van der Waals surface area contributed by atoms with Gasteiger partial charge in [-0.25, -0.2) is 8.78 Å². The third-order valence-corrected chi connectivity index (χ3v) is 2.35. The normalized spacial score (nSPS) is 10.9. The van der Waals surface area contributed by atoms with Crippen LogP contribution in [0.15, 0.2) is 12.1 Å². The van der Waals surface area contributed by atoms with Gasteiger partial charge in [-0.15, -0.1) is 15.3 Å². The van der Waals surface area contributed by atoms with Crippen LogP contribution >= 0.6 is 0 Å². The summed E-state index contributed by atoms with van der Waals surface area (Å²) in [6, 6.07) is 3.07. The van der Waals surface area contributed by atoms with Gasteiger partial charge in [-0.1, -0.05) is 0 Å². The lowest BCUT2D eigenvalue weighted by Crippen LogP contribution is -2.11. The Labute approximate surface area is 106 Å². The minimum Gasteiger partial charge on any atom is -0.469 e. The predicted molar refractivity (Wildman–Crippen MR) is 60.9 cm³/mol. The van der Waals surface area contributed by atoms with E-state index in [0.29, 0.717) is 5.82 Å². The van der Waals surface area contributed by atoms with Gasteiger partial charge in [-0.05, 0) is 12.1 Å². The maximum atomic E-state index is 12.6. The number of carbonyl (C=O) groups is 1. The number of anilines is 1. The summed E-state index contributed by atoms with van der Waals surface area (Å²) in [5.41, 5.74) is 0.230. The van der Waals surface area contributed by atoms with Crippen molar-refractivity contribution in [2.75, 3.05) is 19.0 Å². The second-order valence-corrected chi connectivity index (χ2v) is 3.60. The third-order valence-electron chi connectivity index (χ3n) is 2.35. The molecule has 9 heteroatoms. The summed E-state index contributed by atoms with van der Waals surface area (Å²) in [7, 11) is 1.29. The molecule has 0 unspecified atom stereocenters. The van der Waals surface area contributed by atoms with Crippen LogP contribution in [-0.4, -0.2) is 39.4 Å². The van der Waals surface area contributed by atoms with Gasteiger partial charge in [-0.2, -0.15) is 4.52 Å². The molecule has 0 bridgehead atoms. The van der Waals surface area contributed by atoms with Crippen molar-refractivity contribution in [1.82, 2.24) is 19.8 Å². The van der Waals surface area contributed by atoms with Gasteiger partial charge < -0.3 is 10.1 Å². The summed E-state index contributed by atoms with van der Waals surface area (Å²) in [5.74, 6) is -0.545. The van der Waals surface area contributed by atoms with Crippen molar-refractivity contribution in [1.29, 1.82) is 0 Å². The highest BCUT2D eigenvalue weighted by Crippen LogP contribution is 2.17. The number of nitrogens with zero attached hydrogens (tertiary/aromatic N) is 4.